The maximum atomic E-state index is 2.99. The molecule has 0 unspecified atom stereocenters. The van der Waals surface area contributed by atoms with Gasteiger partial charge in [0, 0.05) is 0 Å². The van der Waals surface area contributed by atoms with Crippen molar-refractivity contribution in [3.8, 4) is 0 Å². The molecule has 0 saturated carbocycles. The summed E-state index contributed by atoms with van der Waals surface area (Å²) < 4.78 is 1.44. The molecular weight excluding hydrogens is 534 g/mol. The molecule has 4 aromatic carbocycles. The van der Waals surface area contributed by atoms with Crippen LogP contribution < -0.4 is 24.8 Å². The molecule has 34 heavy (non-hydrogen) atoms. The Morgan fingerprint density at radius 3 is 2.06 bits per heavy atom. The van der Waals surface area contributed by atoms with Crippen LogP contribution in [0.4, 0.5) is 0 Å². The van der Waals surface area contributed by atoms with Crippen LogP contribution in [0.15, 0.2) is 115 Å². The Bertz CT molecular complexity index is 1150. The number of hydrogen-bond donors (Lipinski definition) is 0. The second-order valence-electron chi connectivity index (χ2n) is 8.69. The Labute approximate surface area is 232 Å². The van der Waals surface area contributed by atoms with Crippen molar-refractivity contribution in [2.75, 3.05) is 0 Å². The molecule has 0 N–H and O–H groups in total. The Hall–Kier alpha value is -1.92. The maximum absolute atomic E-state index is 2.99. The number of halogens is 2. The van der Waals surface area contributed by atoms with E-state index in [0.717, 1.165) is 6.42 Å². The molecule has 0 saturated heterocycles. The number of rotatable bonds is 2. The van der Waals surface area contributed by atoms with E-state index in [9.17, 15) is 0 Å². The molecular formula is C31H30Cl2Zr-2. The van der Waals surface area contributed by atoms with Crippen molar-refractivity contribution < 1.29 is 49.0 Å². The SMILES string of the molecule is CC(C)(C)c1ccccc1[C](=[Zr+2])c1ccccc1.[C-]1=CC=CC1.[Cl-].[Cl-].c1ccc2[cH-]ccc2c1. The van der Waals surface area contributed by atoms with E-state index in [1.807, 2.05) is 12.2 Å². The van der Waals surface area contributed by atoms with E-state index in [0.29, 0.717) is 0 Å². The van der Waals surface area contributed by atoms with Gasteiger partial charge in [0.05, 0.1) is 0 Å². The van der Waals surface area contributed by atoms with E-state index >= 15 is 0 Å². The fourth-order valence-corrected chi connectivity index (χ4v) is 4.47. The van der Waals surface area contributed by atoms with E-state index in [-0.39, 0.29) is 30.2 Å². The molecule has 0 nitrogen and oxygen atoms in total. The van der Waals surface area contributed by atoms with Crippen LogP contribution in [0.25, 0.3) is 10.8 Å². The first-order valence-electron chi connectivity index (χ1n) is 11.0. The van der Waals surface area contributed by atoms with E-state index in [1.54, 1.807) is 0 Å². The first-order valence-corrected chi connectivity index (χ1v) is 12.3. The van der Waals surface area contributed by atoms with Crippen LogP contribution in [0, 0.1) is 6.08 Å². The van der Waals surface area contributed by atoms with E-state index in [4.69, 9.17) is 0 Å². The predicted octanol–water partition coefficient (Wildman–Crippen LogP) is 1.97. The van der Waals surface area contributed by atoms with E-state index in [1.165, 1.54) is 54.9 Å². The van der Waals surface area contributed by atoms with E-state index in [2.05, 4.69) is 130 Å². The molecule has 0 atom stereocenters. The summed E-state index contributed by atoms with van der Waals surface area (Å²) in [5, 5.41) is 2.66. The van der Waals surface area contributed by atoms with Crippen LogP contribution in [0.1, 0.15) is 43.9 Å². The topological polar surface area (TPSA) is 0 Å². The van der Waals surface area contributed by atoms with Gasteiger partial charge in [0.2, 0.25) is 0 Å². The summed E-state index contributed by atoms with van der Waals surface area (Å²) in [6.07, 6.45) is 10.0. The average molecular weight is 565 g/mol. The van der Waals surface area contributed by atoms with Crippen LogP contribution in [0.2, 0.25) is 0 Å². The maximum Gasteiger partial charge on any atom is -0.0809 e. The Morgan fingerprint density at radius 1 is 0.824 bits per heavy atom. The number of allylic oxidation sites excluding steroid dienone is 4. The van der Waals surface area contributed by atoms with Crippen LogP contribution in [-0.4, -0.2) is 3.21 Å². The fraction of sp³-hybridized carbons (Fsp3) is 0.161. The number of fused-ring (bicyclic) bond motifs is 1. The summed E-state index contributed by atoms with van der Waals surface area (Å²) in [6.45, 7) is 6.83. The molecule has 0 amide bonds. The molecule has 0 fully saturated rings. The van der Waals surface area contributed by atoms with Gasteiger partial charge < -0.3 is 24.8 Å². The molecule has 4 aromatic rings. The summed E-state index contributed by atoms with van der Waals surface area (Å²) in [5.41, 5.74) is 4.36. The summed E-state index contributed by atoms with van der Waals surface area (Å²) in [7, 11) is 0. The molecule has 0 bridgehead atoms. The molecule has 0 aromatic heterocycles. The fourth-order valence-electron chi connectivity index (χ4n) is 3.53. The predicted molar refractivity (Wildman–Crippen MR) is 136 cm³/mol. The molecule has 1 aliphatic rings. The summed E-state index contributed by atoms with van der Waals surface area (Å²) in [6, 6.07) is 34.1. The van der Waals surface area contributed by atoms with Crippen molar-refractivity contribution in [1.29, 1.82) is 0 Å². The smallest absolute Gasteiger partial charge is 0.0809 e. The Balaban J connectivity index is 0.000000299. The quantitative estimate of drug-likeness (QED) is 0.327. The third-order valence-electron chi connectivity index (χ3n) is 5.20. The Kier molecular flexibility index (Phi) is 13.4. The van der Waals surface area contributed by atoms with Crippen molar-refractivity contribution in [2.24, 2.45) is 0 Å². The molecule has 3 heteroatoms. The number of benzene rings is 3. The van der Waals surface area contributed by atoms with Crippen molar-refractivity contribution in [3.63, 3.8) is 0 Å². The van der Waals surface area contributed by atoms with Crippen molar-refractivity contribution in [3.05, 3.63) is 138 Å². The zero-order valence-corrected chi connectivity index (χ0v) is 23.9. The van der Waals surface area contributed by atoms with Gasteiger partial charge in [0.15, 0.2) is 0 Å². The van der Waals surface area contributed by atoms with Crippen LogP contribution in [0.3, 0.4) is 0 Å². The van der Waals surface area contributed by atoms with Gasteiger partial charge in [-0.05, 0) is 0 Å². The summed E-state index contributed by atoms with van der Waals surface area (Å²) >= 11 is 1.47. The van der Waals surface area contributed by atoms with Crippen molar-refractivity contribution >= 4 is 14.0 Å². The normalized spacial score (nSPS) is 11.3. The minimum absolute atomic E-state index is 0. The third kappa shape index (κ3) is 9.03. The largest absolute Gasteiger partial charge is 1.00 e. The zero-order valence-electron chi connectivity index (χ0n) is 19.9. The van der Waals surface area contributed by atoms with Crippen molar-refractivity contribution in [2.45, 2.75) is 32.6 Å². The summed E-state index contributed by atoms with van der Waals surface area (Å²) in [5.74, 6) is 0. The summed E-state index contributed by atoms with van der Waals surface area (Å²) in [4.78, 5) is 0. The molecule has 0 aliphatic heterocycles. The molecule has 0 radical (unpaired) electrons. The molecule has 5 rings (SSSR count). The molecule has 1 aliphatic carbocycles. The zero-order chi connectivity index (χ0) is 22.8. The second kappa shape index (κ2) is 15.2. The van der Waals surface area contributed by atoms with Crippen molar-refractivity contribution in [1.82, 2.24) is 0 Å². The van der Waals surface area contributed by atoms with Gasteiger partial charge in [0.25, 0.3) is 0 Å². The first-order chi connectivity index (χ1) is 15.5. The van der Waals surface area contributed by atoms with Gasteiger partial charge in [-0.1, -0.05) is 6.07 Å². The second-order valence-corrected chi connectivity index (χ2v) is 9.92. The number of hydrogen-bond acceptors (Lipinski definition) is 0. The van der Waals surface area contributed by atoms with Gasteiger partial charge in [-0.2, -0.15) is 23.6 Å². The third-order valence-corrected chi connectivity index (χ3v) is 6.57. The van der Waals surface area contributed by atoms with Gasteiger partial charge in [0.1, 0.15) is 0 Å². The van der Waals surface area contributed by atoms with Crippen LogP contribution in [0.5, 0.6) is 0 Å². The first kappa shape index (κ1) is 30.1. The minimum Gasteiger partial charge on any atom is -1.00 e. The van der Waals surface area contributed by atoms with Crippen LogP contribution in [-0.2, 0) is 29.7 Å². The minimum atomic E-state index is 0. The van der Waals surface area contributed by atoms with E-state index < -0.39 is 0 Å². The standard InChI is InChI=1S/C17H18.C9H7.C5H5.2ClH.Zr/c1-17(2,3)16-12-8-7-11-15(16)13-14-9-5-4-6-10-14;1-2-5-9-7-3-6-8(9)4-1;1-2-4-5-3-1;;;/h4-12H,1-3H3;1-7H;1-3H,4H2;2*1H;/q;2*-1;;;+2/p-2. The Morgan fingerprint density at radius 2 is 1.47 bits per heavy atom. The molecule has 0 spiro atoms. The molecule has 174 valence electrons. The van der Waals surface area contributed by atoms with Gasteiger partial charge in [-0.3, -0.25) is 6.08 Å². The van der Waals surface area contributed by atoms with Gasteiger partial charge >= 0.3 is 125 Å². The monoisotopic (exact) mass is 562 g/mol. The van der Waals surface area contributed by atoms with Gasteiger partial charge in [-0.25, -0.2) is 12.2 Å². The van der Waals surface area contributed by atoms with Gasteiger partial charge in [-0.15, -0.1) is 36.1 Å². The molecule has 0 heterocycles. The average Bonchev–Trinajstić information content (AvgIpc) is 3.54. The van der Waals surface area contributed by atoms with Crippen LogP contribution >= 0.6 is 0 Å².